The lowest BCUT2D eigenvalue weighted by Gasteiger charge is -2.07. The number of aryl methyl sites for hydroxylation is 1. The number of methoxy groups -OCH3 is 1. The van der Waals surface area contributed by atoms with Gasteiger partial charge in [-0.15, -0.1) is 21.5 Å². The van der Waals surface area contributed by atoms with Gasteiger partial charge in [-0.05, 0) is 43.2 Å². The molecule has 0 spiro atoms. The van der Waals surface area contributed by atoms with E-state index in [1.54, 1.807) is 31.5 Å². The number of nitrogens with zero attached hydrogens (tertiary/aromatic N) is 3. The number of esters is 1. The van der Waals surface area contributed by atoms with Gasteiger partial charge in [0.25, 0.3) is 5.89 Å². The van der Waals surface area contributed by atoms with Crippen LogP contribution in [0.1, 0.15) is 41.9 Å². The second kappa shape index (κ2) is 9.09. The zero-order valence-corrected chi connectivity index (χ0v) is 18.2. The summed E-state index contributed by atoms with van der Waals surface area (Å²) in [5.74, 6) is 0.746. The first-order valence-electron chi connectivity index (χ1n) is 9.81. The normalized spacial score (nSPS) is 11.8. The van der Waals surface area contributed by atoms with E-state index in [1.807, 2.05) is 24.3 Å². The minimum Gasteiger partial charge on any atom is -0.497 e. The van der Waals surface area contributed by atoms with Gasteiger partial charge in [0.1, 0.15) is 10.8 Å². The summed E-state index contributed by atoms with van der Waals surface area (Å²) < 4.78 is 16.3. The molecule has 2 heterocycles. The SMILES string of the molecule is CCc1ccc(-c2nc(C(=O)OC(C)c3nnc(-c4ccc(OC)cc4)o3)cs2)cc1. The van der Waals surface area contributed by atoms with E-state index in [2.05, 4.69) is 34.2 Å². The summed E-state index contributed by atoms with van der Waals surface area (Å²) in [7, 11) is 1.60. The van der Waals surface area contributed by atoms with Gasteiger partial charge in [0.2, 0.25) is 5.89 Å². The van der Waals surface area contributed by atoms with Gasteiger partial charge >= 0.3 is 5.97 Å². The molecule has 0 saturated carbocycles. The summed E-state index contributed by atoms with van der Waals surface area (Å²) in [6, 6.07) is 15.4. The molecule has 0 radical (unpaired) electrons. The molecule has 0 saturated heterocycles. The molecule has 2 aromatic carbocycles. The van der Waals surface area contributed by atoms with Crippen LogP contribution < -0.4 is 4.74 Å². The Bertz CT molecular complexity index is 1170. The van der Waals surface area contributed by atoms with Crippen molar-refractivity contribution in [2.75, 3.05) is 7.11 Å². The molecule has 0 aliphatic rings. The number of ether oxygens (including phenoxy) is 2. The molecule has 4 rings (SSSR count). The van der Waals surface area contributed by atoms with Crippen molar-refractivity contribution in [2.24, 2.45) is 0 Å². The molecule has 0 amide bonds. The molecule has 1 unspecified atom stereocenters. The van der Waals surface area contributed by atoms with Crippen LogP contribution in [0.5, 0.6) is 5.75 Å². The number of rotatable bonds is 7. The van der Waals surface area contributed by atoms with Gasteiger partial charge in [-0.1, -0.05) is 31.2 Å². The maximum atomic E-state index is 12.5. The summed E-state index contributed by atoms with van der Waals surface area (Å²) in [6.07, 6.45) is 0.268. The van der Waals surface area contributed by atoms with E-state index in [9.17, 15) is 4.79 Å². The van der Waals surface area contributed by atoms with Crippen LogP contribution in [0.3, 0.4) is 0 Å². The van der Waals surface area contributed by atoms with Crippen molar-refractivity contribution in [1.29, 1.82) is 0 Å². The molecule has 1 atom stereocenters. The molecular formula is C23H21N3O4S. The summed E-state index contributed by atoms with van der Waals surface area (Å²) in [4.78, 5) is 17.0. The highest BCUT2D eigenvalue weighted by molar-refractivity contribution is 7.13. The van der Waals surface area contributed by atoms with Crippen molar-refractivity contribution in [3.8, 4) is 27.8 Å². The fourth-order valence-corrected chi connectivity index (χ4v) is 3.70. The fourth-order valence-electron chi connectivity index (χ4n) is 2.90. The van der Waals surface area contributed by atoms with Crippen LogP contribution in [0, 0.1) is 0 Å². The summed E-state index contributed by atoms with van der Waals surface area (Å²) in [5, 5.41) is 10.5. The van der Waals surface area contributed by atoms with E-state index in [0.29, 0.717) is 5.89 Å². The van der Waals surface area contributed by atoms with Crippen LogP contribution in [-0.2, 0) is 11.2 Å². The average Bonchev–Trinajstić information content (AvgIpc) is 3.50. The van der Waals surface area contributed by atoms with Gasteiger partial charge in [0.15, 0.2) is 11.8 Å². The summed E-state index contributed by atoms with van der Waals surface area (Å²) >= 11 is 1.40. The smallest absolute Gasteiger partial charge is 0.358 e. The fraction of sp³-hybridized carbons (Fsp3) is 0.217. The molecule has 158 valence electrons. The number of carbonyl (C=O) groups is 1. The van der Waals surface area contributed by atoms with Crippen molar-refractivity contribution < 1.29 is 18.7 Å². The molecule has 0 aliphatic carbocycles. The molecule has 2 aromatic heterocycles. The third kappa shape index (κ3) is 4.64. The molecule has 0 aliphatic heterocycles. The van der Waals surface area contributed by atoms with Crippen molar-refractivity contribution in [3.63, 3.8) is 0 Å². The van der Waals surface area contributed by atoms with Crippen LogP contribution in [0.2, 0.25) is 0 Å². The highest BCUT2D eigenvalue weighted by Gasteiger charge is 2.22. The van der Waals surface area contributed by atoms with Gasteiger partial charge in [0, 0.05) is 16.5 Å². The molecule has 7 nitrogen and oxygen atoms in total. The molecule has 0 bridgehead atoms. The zero-order valence-electron chi connectivity index (χ0n) is 17.4. The first-order valence-corrected chi connectivity index (χ1v) is 10.7. The number of hydrogen-bond donors (Lipinski definition) is 0. The van der Waals surface area contributed by atoms with Gasteiger partial charge in [-0.3, -0.25) is 0 Å². The lowest BCUT2D eigenvalue weighted by molar-refractivity contribution is 0.0274. The molecule has 0 fully saturated rings. The molecule has 31 heavy (non-hydrogen) atoms. The second-order valence-electron chi connectivity index (χ2n) is 6.81. The Morgan fingerprint density at radius 2 is 1.77 bits per heavy atom. The van der Waals surface area contributed by atoms with Crippen LogP contribution in [0.4, 0.5) is 0 Å². The predicted molar refractivity (Wildman–Crippen MR) is 117 cm³/mol. The standard InChI is InChI=1S/C23H21N3O4S/c1-4-15-5-7-17(8-6-15)22-24-19(13-31-22)23(27)29-14(2)20-25-26-21(30-20)16-9-11-18(28-3)12-10-16/h5-14H,4H2,1-3H3. The Hall–Kier alpha value is -3.52. The lowest BCUT2D eigenvalue weighted by atomic mass is 10.1. The Labute approximate surface area is 183 Å². The number of hydrogen-bond acceptors (Lipinski definition) is 8. The minimum atomic E-state index is -0.707. The minimum absolute atomic E-state index is 0.213. The van der Waals surface area contributed by atoms with Gasteiger partial charge < -0.3 is 13.9 Å². The predicted octanol–water partition coefficient (Wildman–Crippen LogP) is 5.35. The quantitative estimate of drug-likeness (QED) is 0.362. The van der Waals surface area contributed by atoms with E-state index in [4.69, 9.17) is 13.9 Å². The van der Waals surface area contributed by atoms with E-state index >= 15 is 0 Å². The van der Waals surface area contributed by atoms with Gasteiger partial charge in [0.05, 0.1) is 7.11 Å². The number of benzene rings is 2. The van der Waals surface area contributed by atoms with E-state index < -0.39 is 12.1 Å². The molecule has 0 N–H and O–H groups in total. The molecular weight excluding hydrogens is 414 g/mol. The maximum absolute atomic E-state index is 12.5. The van der Waals surface area contributed by atoms with Crippen LogP contribution in [0.15, 0.2) is 58.3 Å². The van der Waals surface area contributed by atoms with Crippen molar-refractivity contribution in [2.45, 2.75) is 26.4 Å². The van der Waals surface area contributed by atoms with Gasteiger partial charge in [-0.25, -0.2) is 9.78 Å². The van der Waals surface area contributed by atoms with E-state index in [1.165, 1.54) is 16.9 Å². The van der Waals surface area contributed by atoms with Crippen LogP contribution in [-0.4, -0.2) is 28.3 Å². The Balaban J connectivity index is 1.42. The topological polar surface area (TPSA) is 87.3 Å². The van der Waals surface area contributed by atoms with Crippen LogP contribution >= 0.6 is 11.3 Å². The van der Waals surface area contributed by atoms with E-state index in [-0.39, 0.29) is 11.6 Å². The second-order valence-corrected chi connectivity index (χ2v) is 7.67. The monoisotopic (exact) mass is 435 g/mol. The lowest BCUT2D eigenvalue weighted by Crippen LogP contribution is -2.10. The van der Waals surface area contributed by atoms with Crippen molar-refractivity contribution >= 4 is 17.3 Å². The highest BCUT2D eigenvalue weighted by Crippen LogP contribution is 2.27. The summed E-state index contributed by atoms with van der Waals surface area (Å²) in [5.41, 5.74) is 3.22. The van der Waals surface area contributed by atoms with Crippen molar-refractivity contribution in [1.82, 2.24) is 15.2 Å². The van der Waals surface area contributed by atoms with Gasteiger partial charge in [-0.2, -0.15) is 0 Å². The Kier molecular flexibility index (Phi) is 6.08. The Morgan fingerprint density at radius 1 is 1.06 bits per heavy atom. The maximum Gasteiger partial charge on any atom is 0.358 e. The van der Waals surface area contributed by atoms with Crippen molar-refractivity contribution in [3.05, 3.63) is 71.1 Å². The zero-order chi connectivity index (χ0) is 21.8. The Morgan fingerprint density at radius 3 is 2.45 bits per heavy atom. The first kappa shape index (κ1) is 20.7. The van der Waals surface area contributed by atoms with Crippen LogP contribution in [0.25, 0.3) is 22.0 Å². The molecule has 8 heteroatoms. The number of aromatic nitrogens is 3. The third-order valence-corrected chi connectivity index (χ3v) is 5.62. The number of carbonyl (C=O) groups excluding carboxylic acids is 1. The number of thiazole rings is 1. The summed E-state index contributed by atoms with van der Waals surface area (Å²) in [6.45, 7) is 3.79. The average molecular weight is 436 g/mol. The third-order valence-electron chi connectivity index (χ3n) is 4.73. The molecule has 4 aromatic rings. The van der Waals surface area contributed by atoms with E-state index in [0.717, 1.165) is 28.3 Å². The first-order chi connectivity index (χ1) is 15.1. The highest BCUT2D eigenvalue weighted by atomic mass is 32.1. The largest absolute Gasteiger partial charge is 0.497 e.